The first-order chi connectivity index (χ1) is 6.79. The smallest absolute Gasteiger partial charge is 0.383 e. The van der Waals surface area contributed by atoms with Crippen molar-refractivity contribution in [3.63, 3.8) is 0 Å². The molecule has 0 spiro atoms. The Hall–Kier alpha value is 0.190. The van der Waals surface area contributed by atoms with Crippen LogP contribution in [0.5, 0.6) is 0 Å². The largest absolute Gasteiger partial charge is 0.402 e. The number of nitrogens with zero attached hydrogens (tertiary/aromatic N) is 1. The minimum Gasteiger partial charge on any atom is -0.383 e. The van der Waals surface area contributed by atoms with Gasteiger partial charge in [0.2, 0.25) is 0 Å². The highest BCUT2D eigenvalue weighted by Crippen LogP contribution is 2.27. The van der Waals surface area contributed by atoms with Crippen LogP contribution >= 0.6 is 15.9 Å². The molecule has 1 atom stereocenters. The van der Waals surface area contributed by atoms with Crippen molar-refractivity contribution in [2.24, 2.45) is 0 Å². The van der Waals surface area contributed by atoms with Crippen molar-refractivity contribution >= 4 is 15.9 Å². The van der Waals surface area contributed by atoms with Gasteiger partial charge in [0.15, 0.2) is 0 Å². The highest BCUT2D eigenvalue weighted by Gasteiger charge is 2.38. The van der Waals surface area contributed by atoms with Crippen LogP contribution in [0.3, 0.4) is 0 Å². The number of ether oxygens (including phenoxy) is 1. The van der Waals surface area contributed by atoms with Crippen molar-refractivity contribution in [3.05, 3.63) is 0 Å². The summed E-state index contributed by atoms with van der Waals surface area (Å²) in [7, 11) is 1.54. The van der Waals surface area contributed by atoms with Crippen molar-refractivity contribution in [1.29, 1.82) is 0 Å². The van der Waals surface area contributed by atoms with Crippen LogP contribution in [-0.4, -0.2) is 48.8 Å². The fourth-order valence-electron chi connectivity index (χ4n) is 1.08. The van der Waals surface area contributed by atoms with Gasteiger partial charge in [-0.15, -0.1) is 0 Å². The lowest BCUT2D eigenvalue weighted by Crippen LogP contribution is -2.42. The molecule has 0 saturated heterocycles. The highest BCUT2D eigenvalue weighted by atomic mass is 79.9. The van der Waals surface area contributed by atoms with Gasteiger partial charge in [0.05, 0.1) is 6.61 Å². The molecule has 0 bridgehead atoms. The van der Waals surface area contributed by atoms with E-state index >= 15 is 0 Å². The number of alkyl halides is 4. The van der Waals surface area contributed by atoms with Crippen molar-refractivity contribution in [1.82, 2.24) is 4.90 Å². The number of rotatable bonds is 6. The molecule has 0 aliphatic rings. The van der Waals surface area contributed by atoms with Gasteiger partial charge in [0, 0.05) is 26.2 Å². The molecular weight excluding hydrogens is 275 g/mol. The van der Waals surface area contributed by atoms with Crippen molar-refractivity contribution in [3.8, 4) is 0 Å². The van der Waals surface area contributed by atoms with E-state index in [1.165, 1.54) is 7.11 Å². The predicted molar refractivity (Wildman–Crippen MR) is 57.4 cm³/mol. The first kappa shape index (κ1) is 15.2. The summed E-state index contributed by atoms with van der Waals surface area (Å²) in [5, 5.41) is 0. The third-order valence-electron chi connectivity index (χ3n) is 2.06. The zero-order chi connectivity index (χ0) is 12.1. The van der Waals surface area contributed by atoms with Gasteiger partial charge < -0.3 is 4.74 Å². The third kappa shape index (κ3) is 6.37. The van der Waals surface area contributed by atoms with Crippen LogP contribution < -0.4 is 0 Å². The average molecular weight is 292 g/mol. The maximum Gasteiger partial charge on any atom is 0.402 e. The van der Waals surface area contributed by atoms with E-state index in [0.717, 1.165) is 0 Å². The Balaban J connectivity index is 4.16. The lowest BCUT2D eigenvalue weighted by molar-refractivity contribution is -0.131. The second-order valence-corrected chi connectivity index (χ2v) is 4.70. The minimum absolute atomic E-state index is 0.0511. The second kappa shape index (κ2) is 6.70. The molecule has 1 unspecified atom stereocenters. The maximum atomic E-state index is 12.3. The van der Waals surface area contributed by atoms with Gasteiger partial charge in [-0.05, 0) is 13.8 Å². The topological polar surface area (TPSA) is 12.5 Å². The molecule has 0 N–H and O–H groups in total. The van der Waals surface area contributed by atoms with Crippen LogP contribution in [-0.2, 0) is 4.74 Å². The summed E-state index contributed by atoms with van der Waals surface area (Å²) in [6, 6.07) is 0.0718. The van der Waals surface area contributed by atoms with Gasteiger partial charge in [-0.25, -0.2) is 0 Å². The lowest BCUT2D eigenvalue weighted by Gasteiger charge is -2.29. The van der Waals surface area contributed by atoms with E-state index in [-0.39, 0.29) is 12.6 Å². The Labute approximate surface area is 96.9 Å². The molecular formula is C9H17BrF3NO. The molecule has 0 rings (SSSR count). The zero-order valence-electron chi connectivity index (χ0n) is 9.14. The Morgan fingerprint density at radius 3 is 2.20 bits per heavy atom. The molecule has 15 heavy (non-hydrogen) atoms. The highest BCUT2D eigenvalue weighted by molar-refractivity contribution is 9.09. The molecule has 6 heteroatoms. The van der Waals surface area contributed by atoms with E-state index in [1.54, 1.807) is 4.90 Å². The molecule has 0 aliphatic heterocycles. The second-order valence-electron chi connectivity index (χ2n) is 3.59. The van der Waals surface area contributed by atoms with Crippen LogP contribution in [0.1, 0.15) is 13.8 Å². The SMILES string of the molecule is COCCN(CC(Br)C(F)(F)F)C(C)C. The average Bonchev–Trinajstić information content (AvgIpc) is 2.09. The zero-order valence-corrected chi connectivity index (χ0v) is 10.7. The lowest BCUT2D eigenvalue weighted by atomic mass is 10.3. The molecule has 2 nitrogen and oxygen atoms in total. The van der Waals surface area contributed by atoms with Gasteiger partial charge in [-0.1, -0.05) is 15.9 Å². The summed E-state index contributed by atoms with van der Waals surface area (Å²) in [6.45, 7) is 4.63. The standard InChI is InChI=1S/C9H17BrF3NO/c1-7(2)14(4-5-15-3)6-8(10)9(11,12)13/h7-8H,4-6H2,1-3H3. The molecule has 0 amide bonds. The van der Waals surface area contributed by atoms with Crippen LogP contribution in [0.2, 0.25) is 0 Å². The van der Waals surface area contributed by atoms with Gasteiger partial charge in [-0.2, -0.15) is 13.2 Å². The van der Waals surface area contributed by atoms with Gasteiger partial charge in [0.25, 0.3) is 0 Å². The number of hydrogen-bond acceptors (Lipinski definition) is 2. The Morgan fingerprint density at radius 1 is 1.33 bits per heavy atom. The first-order valence-corrected chi connectivity index (χ1v) is 5.64. The van der Waals surface area contributed by atoms with Crippen LogP contribution in [0.15, 0.2) is 0 Å². The molecule has 0 fully saturated rings. The fourth-order valence-corrected chi connectivity index (χ4v) is 1.45. The van der Waals surface area contributed by atoms with Crippen molar-refractivity contribution in [2.75, 3.05) is 26.8 Å². The molecule has 0 heterocycles. The molecule has 0 aromatic rings. The normalized spacial score (nSPS) is 15.0. The monoisotopic (exact) mass is 291 g/mol. The van der Waals surface area contributed by atoms with E-state index in [2.05, 4.69) is 15.9 Å². The number of methoxy groups -OCH3 is 1. The van der Waals surface area contributed by atoms with E-state index in [4.69, 9.17) is 4.74 Å². The van der Waals surface area contributed by atoms with E-state index in [1.807, 2.05) is 13.8 Å². The minimum atomic E-state index is -4.19. The van der Waals surface area contributed by atoms with Gasteiger partial charge in [0.1, 0.15) is 4.83 Å². The number of halogens is 4. The van der Waals surface area contributed by atoms with Crippen molar-refractivity contribution in [2.45, 2.75) is 30.9 Å². The van der Waals surface area contributed by atoms with Crippen LogP contribution in [0.25, 0.3) is 0 Å². The Morgan fingerprint density at radius 2 is 1.87 bits per heavy atom. The third-order valence-corrected chi connectivity index (χ3v) is 2.87. The Bertz CT molecular complexity index is 175. The molecule has 0 radical (unpaired) electrons. The Kier molecular flexibility index (Phi) is 6.79. The molecule has 0 aromatic carbocycles. The van der Waals surface area contributed by atoms with E-state index < -0.39 is 11.0 Å². The summed E-state index contributed by atoms with van der Waals surface area (Å²) in [6.07, 6.45) is -4.19. The van der Waals surface area contributed by atoms with Crippen LogP contribution in [0.4, 0.5) is 13.2 Å². The summed E-state index contributed by atoms with van der Waals surface area (Å²) >= 11 is 2.65. The van der Waals surface area contributed by atoms with E-state index in [0.29, 0.717) is 13.2 Å². The van der Waals surface area contributed by atoms with Crippen molar-refractivity contribution < 1.29 is 17.9 Å². The van der Waals surface area contributed by atoms with Gasteiger partial charge >= 0.3 is 6.18 Å². The molecule has 0 saturated carbocycles. The predicted octanol–water partition coefficient (Wildman–Crippen LogP) is 2.67. The molecule has 0 aliphatic carbocycles. The van der Waals surface area contributed by atoms with E-state index in [9.17, 15) is 13.2 Å². The first-order valence-electron chi connectivity index (χ1n) is 4.72. The fraction of sp³-hybridized carbons (Fsp3) is 1.00. The summed E-state index contributed by atoms with van der Waals surface area (Å²) in [5.41, 5.74) is 0. The summed E-state index contributed by atoms with van der Waals surface area (Å²) in [4.78, 5) is 0.250. The molecule has 0 aromatic heterocycles. The quantitative estimate of drug-likeness (QED) is 0.698. The number of hydrogen-bond donors (Lipinski definition) is 0. The molecule has 92 valence electrons. The van der Waals surface area contributed by atoms with Gasteiger partial charge in [-0.3, -0.25) is 4.90 Å². The summed E-state index contributed by atoms with van der Waals surface area (Å²) < 4.78 is 41.7. The maximum absolute atomic E-state index is 12.3. The van der Waals surface area contributed by atoms with Crippen LogP contribution in [0, 0.1) is 0 Å². The summed E-state index contributed by atoms with van der Waals surface area (Å²) in [5.74, 6) is 0.